The van der Waals surface area contributed by atoms with Crippen molar-refractivity contribution in [3.05, 3.63) is 81.8 Å². The van der Waals surface area contributed by atoms with Crippen LogP contribution in [0.3, 0.4) is 0 Å². The van der Waals surface area contributed by atoms with E-state index in [9.17, 15) is 18.8 Å². The van der Waals surface area contributed by atoms with E-state index in [1.54, 1.807) is 35.7 Å². The summed E-state index contributed by atoms with van der Waals surface area (Å²) in [4.78, 5) is 36.3. The third-order valence-electron chi connectivity index (χ3n) is 4.03. The molecular formula is C22H18FN3O5S. The Kier molecular flexibility index (Phi) is 7.65. The Labute approximate surface area is 186 Å². The Bertz CT molecular complexity index is 1130. The number of amides is 2. The molecule has 0 saturated carbocycles. The topological polar surface area (TPSA) is 106 Å². The van der Waals surface area contributed by atoms with Gasteiger partial charge < -0.3 is 14.8 Å². The zero-order valence-corrected chi connectivity index (χ0v) is 17.6. The van der Waals surface area contributed by atoms with E-state index in [0.717, 1.165) is 12.1 Å². The molecule has 0 spiro atoms. The predicted molar refractivity (Wildman–Crippen MR) is 117 cm³/mol. The van der Waals surface area contributed by atoms with Gasteiger partial charge >= 0.3 is 5.97 Å². The molecule has 0 aliphatic heterocycles. The Morgan fingerprint density at radius 2 is 1.88 bits per heavy atom. The van der Waals surface area contributed by atoms with Crippen LogP contribution in [0.4, 0.5) is 4.39 Å². The summed E-state index contributed by atoms with van der Waals surface area (Å²) >= 11 is 1.27. The van der Waals surface area contributed by atoms with Crippen molar-refractivity contribution >= 4 is 35.3 Å². The van der Waals surface area contributed by atoms with Gasteiger partial charge in [0.05, 0.1) is 19.9 Å². The maximum atomic E-state index is 12.9. The van der Waals surface area contributed by atoms with Gasteiger partial charge in [0.2, 0.25) is 0 Å². The van der Waals surface area contributed by atoms with Crippen LogP contribution < -0.4 is 20.2 Å². The van der Waals surface area contributed by atoms with Gasteiger partial charge in [0.15, 0.2) is 11.5 Å². The monoisotopic (exact) mass is 455 g/mol. The predicted octanol–water partition coefficient (Wildman–Crippen LogP) is 3.00. The summed E-state index contributed by atoms with van der Waals surface area (Å²) < 4.78 is 23.5. The van der Waals surface area contributed by atoms with Crippen LogP contribution >= 0.6 is 11.3 Å². The second-order valence-corrected chi connectivity index (χ2v) is 7.21. The van der Waals surface area contributed by atoms with Crippen molar-refractivity contribution in [2.45, 2.75) is 0 Å². The number of thiophene rings is 1. The van der Waals surface area contributed by atoms with Gasteiger partial charge in [-0.2, -0.15) is 5.10 Å². The van der Waals surface area contributed by atoms with E-state index in [1.165, 1.54) is 36.8 Å². The number of hydrogen-bond acceptors (Lipinski definition) is 7. The number of rotatable bonds is 8. The Hall–Kier alpha value is -4.05. The zero-order valence-electron chi connectivity index (χ0n) is 16.8. The van der Waals surface area contributed by atoms with E-state index in [0.29, 0.717) is 16.2 Å². The van der Waals surface area contributed by atoms with Crippen molar-refractivity contribution in [3.8, 4) is 11.5 Å². The summed E-state index contributed by atoms with van der Waals surface area (Å²) in [5, 5.41) is 8.00. The number of halogens is 1. The van der Waals surface area contributed by atoms with Gasteiger partial charge in [-0.1, -0.05) is 6.07 Å². The molecule has 1 heterocycles. The third kappa shape index (κ3) is 6.22. The minimum atomic E-state index is -0.551. The molecule has 3 rings (SSSR count). The molecule has 0 aliphatic carbocycles. The van der Waals surface area contributed by atoms with Gasteiger partial charge in [-0.3, -0.25) is 9.59 Å². The van der Waals surface area contributed by atoms with Gasteiger partial charge in [0.1, 0.15) is 10.7 Å². The Balaban J connectivity index is 1.52. The highest BCUT2D eigenvalue weighted by Gasteiger charge is 2.13. The number of esters is 1. The standard InChI is InChI=1S/C22H18FN3O5S/c1-30-18-11-14(4-9-17(18)31-22(29)19-3-2-10-32-19)12-25-26-20(27)13-24-21(28)15-5-7-16(23)8-6-15/h2-12H,13H2,1H3,(H,24,28)(H,26,27). The molecule has 3 aromatic rings. The highest BCUT2D eigenvalue weighted by atomic mass is 32.1. The second-order valence-electron chi connectivity index (χ2n) is 6.26. The number of carbonyl (C=O) groups is 3. The van der Waals surface area contributed by atoms with Crippen molar-refractivity contribution in [2.75, 3.05) is 13.7 Å². The molecule has 32 heavy (non-hydrogen) atoms. The lowest BCUT2D eigenvalue weighted by Gasteiger charge is -2.09. The first-order chi connectivity index (χ1) is 15.5. The third-order valence-corrected chi connectivity index (χ3v) is 4.88. The lowest BCUT2D eigenvalue weighted by Crippen LogP contribution is -2.34. The number of nitrogens with one attached hydrogen (secondary N) is 2. The quantitative estimate of drug-likeness (QED) is 0.235. The summed E-state index contributed by atoms with van der Waals surface area (Å²) in [7, 11) is 1.43. The molecule has 2 aromatic carbocycles. The summed E-state index contributed by atoms with van der Waals surface area (Å²) in [6.07, 6.45) is 1.37. The Morgan fingerprint density at radius 1 is 1.09 bits per heavy atom. The van der Waals surface area contributed by atoms with Crippen LogP contribution in [-0.4, -0.2) is 37.7 Å². The fraction of sp³-hybridized carbons (Fsp3) is 0.0909. The summed E-state index contributed by atoms with van der Waals surface area (Å²) in [5.41, 5.74) is 3.09. The van der Waals surface area contributed by atoms with Crippen LogP contribution in [0.2, 0.25) is 0 Å². The summed E-state index contributed by atoms with van der Waals surface area (Å²) in [6, 6.07) is 13.1. The molecule has 0 fully saturated rings. The first-order valence-corrected chi connectivity index (χ1v) is 10.1. The number of benzene rings is 2. The van der Waals surface area contributed by atoms with Gasteiger partial charge in [-0.15, -0.1) is 11.3 Å². The zero-order chi connectivity index (χ0) is 22.9. The van der Waals surface area contributed by atoms with E-state index in [-0.39, 0.29) is 17.9 Å². The highest BCUT2D eigenvalue weighted by Crippen LogP contribution is 2.28. The molecule has 1 aromatic heterocycles. The molecule has 0 aliphatic rings. The molecule has 2 amide bonds. The number of hydrogen-bond donors (Lipinski definition) is 2. The summed E-state index contributed by atoms with van der Waals surface area (Å²) in [6.45, 7) is -0.311. The number of nitrogens with zero attached hydrogens (tertiary/aromatic N) is 1. The van der Waals surface area contributed by atoms with Crippen LogP contribution in [0.25, 0.3) is 0 Å². The smallest absolute Gasteiger partial charge is 0.353 e. The SMILES string of the molecule is COc1cc(C=NNC(=O)CNC(=O)c2ccc(F)cc2)ccc1OC(=O)c1cccs1. The van der Waals surface area contributed by atoms with Crippen molar-refractivity contribution in [2.24, 2.45) is 5.10 Å². The molecule has 0 unspecified atom stereocenters. The van der Waals surface area contributed by atoms with Gasteiger partial charge in [-0.05, 0) is 59.5 Å². The van der Waals surface area contributed by atoms with Crippen LogP contribution in [0.15, 0.2) is 65.1 Å². The van der Waals surface area contributed by atoms with E-state index < -0.39 is 23.6 Å². The number of methoxy groups -OCH3 is 1. The van der Waals surface area contributed by atoms with Crippen LogP contribution in [-0.2, 0) is 4.79 Å². The van der Waals surface area contributed by atoms with Crippen molar-refractivity contribution in [1.82, 2.24) is 10.7 Å². The molecule has 8 nitrogen and oxygen atoms in total. The molecular weight excluding hydrogens is 437 g/mol. The maximum absolute atomic E-state index is 12.9. The van der Waals surface area contributed by atoms with Crippen molar-refractivity contribution < 1.29 is 28.2 Å². The molecule has 0 saturated heterocycles. The van der Waals surface area contributed by atoms with Gasteiger partial charge in [0, 0.05) is 5.56 Å². The van der Waals surface area contributed by atoms with E-state index in [4.69, 9.17) is 9.47 Å². The molecule has 2 N–H and O–H groups in total. The largest absolute Gasteiger partial charge is 0.493 e. The fourth-order valence-electron chi connectivity index (χ4n) is 2.48. The lowest BCUT2D eigenvalue weighted by atomic mass is 10.2. The van der Waals surface area contributed by atoms with E-state index in [2.05, 4.69) is 15.8 Å². The molecule has 10 heteroatoms. The van der Waals surface area contributed by atoms with Crippen LogP contribution in [0.5, 0.6) is 11.5 Å². The molecule has 164 valence electrons. The lowest BCUT2D eigenvalue weighted by molar-refractivity contribution is -0.120. The average Bonchev–Trinajstić information content (AvgIpc) is 3.34. The summed E-state index contributed by atoms with van der Waals surface area (Å²) in [5.74, 6) is -1.45. The van der Waals surface area contributed by atoms with Gasteiger partial charge in [0.25, 0.3) is 11.8 Å². The van der Waals surface area contributed by atoms with Crippen LogP contribution in [0.1, 0.15) is 25.6 Å². The molecule has 0 atom stereocenters. The van der Waals surface area contributed by atoms with E-state index in [1.807, 2.05) is 0 Å². The minimum absolute atomic E-state index is 0.231. The average molecular weight is 455 g/mol. The number of ether oxygens (including phenoxy) is 2. The number of hydrazone groups is 1. The highest BCUT2D eigenvalue weighted by molar-refractivity contribution is 7.12. The first-order valence-electron chi connectivity index (χ1n) is 9.25. The second kappa shape index (κ2) is 10.8. The normalized spacial score (nSPS) is 10.6. The Morgan fingerprint density at radius 3 is 2.56 bits per heavy atom. The molecule has 0 radical (unpaired) electrons. The van der Waals surface area contributed by atoms with E-state index >= 15 is 0 Å². The minimum Gasteiger partial charge on any atom is -0.493 e. The fourth-order valence-corrected chi connectivity index (χ4v) is 3.07. The van der Waals surface area contributed by atoms with Crippen molar-refractivity contribution in [3.63, 3.8) is 0 Å². The molecule has 0 bridgehead atoms. The van der Waals surface area contributed by atoms with Crippen LogP contribution in [0, 0.1) is 5.82 Å². The first kappa shape index (κ1) is 22.6. The number of carbonyl (C=O) groups excluding carboxylic acids is 3. The van der Waals surface area contributed by atoms with Crippen molar-refractivity contribution in [1.29, 1.82) is 0 Å². The maximum Gasteiger partial charge on any atom is 0.353 e. The van der Waals surface area contributed by atoms with Gasteiger partial charge in [-0.25, -0.2) is 14.6 Å².